The average Bonchev–Trinajstić information content (AvgIpc) is 3.84. The molecule has 0 aliphatic carbocycles. The third-order valence-electron chi connectivity index (χ3n) is 10.5. The van der Waals surface area contributed by atoms with E-state index in [1.165, 1.54) is 5.39 Å². The highest BCUT2D eigenvalue weighted by molar-refractivity contribution is 6.23. The van der Waals surface area contributed by atoms with E-state index in [1.807, 2.05) is 84.9 Å². The van der Waals surface area contributed by atoms with E-state index in [4.69, 9.17) is 24.4 Å². The molecule has 0 radical (unpaired) electrons. The van der Waals surface area contributed by atoms with Gasteiger partial charge < -0.3 is 8.98 Å². The van der Waals surface area contributed by atoms with E-state index in [2.05, 4.69) is 108 Å². The maximum atomic E-state index is 6.93. The van der Waals surface area contributed by atoms with Gasteiger partial charge >= 0.3 is 0 Å². The van der Waals surface area contributed by atoms with Crippen LogP contribution in [0, 0.1) is 0 Å². The van der Waals surface area contributed by atoms with Crippen molar-refractivity contribution in [2.75, 3.05) is 0 Å². The lowest BCUT2D eigenvalue weighted by atomic mass is 9.96. The number of pyridine rings is 1. The standard InChI is InChI=1S/C50H31N5O/c1-5-16-32(17-6-1)41-31-30-38(45(51-41)50-53-48(33-18-7-2-8-19-33)52-49(54-50)34-20-9-3-10-21-34)37-25-15-27-43-44(37)40-29-28-39-36-24-13-14-26-42(36)55(46(39)47(40)56-43)35-22-11-4-12-23-35/h1-31H. The Balaban J connectivity index is 1.21. The Labute approximate surface area is 322 Å². The minimum Gasteiger partial charge on any atom is -0.454 e. The summed E-state index contributed by atoms with van der Waals surface area (Å²) in [7, 11) is 0. The van der Waals surface area contributed by atoms with Crippen molar-refractivity contribution in [3.05, 3.63) is 188 Å². The van der Waals surface area contributed by atoms with E-state index in [9.17, 15) is 0 Å². The summed E-state index contributed by atoms with van der Waals surface area (Å²) < 4.78 is 9.25. The number of benzene rings is 7. The van der Waals surface area contributed by atoms with E-state index >= 15 is 0 Å². The molecule has 0 unspecified atom stereocenters. The molecule has 0 N–H and O–H groups in total. The number of rotatable bonds is 6. The van der Waals surface area contributed by atoms with Crippen LogP contribution in [0.2, 0.25) is 0 Å². The molecule has 6 heteroatoms. The van der Waals surface area contributed by atoms with Gasteiger partial charge in [-0.15, -0.1) is 0 Å². The highest BCUT2D eigenvalue weighted by Gasteiger charge is 2.24. The van der Waals surface area contributed by atoms with E-state index in [-0.39, 0.29) is 0 Å². The first kappa shape index (κ1) is 31.8. The van der Waals surface area contributed by atoms with Gasteiger partial charge in [-0.2, -0.15) is 0 Å². The molecule has 262 valence electrons. The zero-order valence-electron chi connectivity index (χ0n) is 30.0. The molecule has 4 heterocycles. The second-order valence-corrected chi connectivity index (χ2v) is 13.8. The normalized spacial score (nSPS) is 11.6. The van der Waals surface area contributed by atoms with Gasteiger partial charge in [0.05, 0.1) is 16.7 Å². The SMILES string of the molecule is c1ccc(-c2ccc(-c3cccc4oc5c(ccc6c7ccccc7n(-c7ccccc7)c65)c34)c(-c3nc(-c4ccccc4)nc(-c4ccccc4)n3)n2)cc1. The van der Waals surface area contributed by atoms with Crippen LogP contribution in [0.15, 0.2) is 192 Å². The summed E-state index contributed by atoms with van der Waals surface area (Å²) in [5, 5.41) is 4.34. The average molecular weight is 718 g/mol. The molecule has 0 saturated heterocycles. The lowest BCUT2D eigenvalue weighted by Gasteiger charge is -2.14. The second kappa shape index (κ2) is 13.0. The molecule has 0 fully saturated rings. The summed E-state index contributed by atoms with van der Waals surface area (Å²) >= 11 is 0. The first-order chi connectivity index (χ1) is 27.8. The fraction of sp³-hybridized carbons (Fsp3) is 0. The van der Waals surface area contributed by atoms with Crippen LogP contribution in [0.1, 0.15) is 0 Å². The maximum Gasteiger partial charge on any atom is 0.183 e. The lowest BCUT2D eigenvalue weighted by molar-refractivity contribution is 0.671. The van der Waals surface area contributed by atoms with E-state index in [0.717, 1.165) is 77.6 Å². The van der Waals surface area contributed by atoms with Gasteiger partial charge in [-0.1, -0.05) is 146 Å². The molecule has 4 aromatic heterocycles. The molecular weight excluding hydrogens is 687 g/mol. The van der Waals surface area contributed by atoms with Gasteiger partial charge in [0.15, 0.2) is 23.1 Å². The molecule has 0 atom stereocenters. The summed E-state index contributed by atoms with van der Waals surface area (Å²) in [6.45, 7) is 0. The quantitative estimate of drug-likeness (QED) is 0.171. The van der Waals surface area contributed by atoms with Crippen molar-refractivity contribution in [2.24, 2.45) is 0 Å². The lowest BCUT2D eigenvalue weighted by Crippen LogP contribution is -2.03. The van der Waals surface area contributed by atoms with Crippen molar-refractivity contribution in [1.82, 2.24) is 24.5 Å². The third kappa shape index (κ3) is 5.19. The van der Waals surface area contributed by atoms with Crippen molar-refractivity contribution in [3.8, 4) is 62.4 Å². The number of fused-ring (bicyclic) bond motifs is 7. The Morgan fingerprint density at radius 3 is 1.68 bits per heavy atom. The fourth-order valence-corrected chi connectivity index (χ4v) is 7.93. The first-order valence-corrected chi connectivity index (χ1v) is 18.7. The Hall–Kier alpha value is -7.70. The molecule has 11 aromatic rings. The fourth-order valence-electron chi connectivity index (χ4n) is 7.93. The Morgan fingerprint density at radius 2 is 0.982 bits per heavy atom. The van der Waals surface area contributed by atoms with Crippen LogP contribution in [0.5, 0.6) is 0 Å². The highest BCUT2D eigenvalue weighted by atomic mass is 16.3. The number of hydrogen-bond donors (Lipinski definition) is 0. The molecule has 0 aliphatic heterocycles. The number of hydrogen-bond acceptors (Lipinski definition) is 5. The van der Waals surface area contributed by atoms with Crippen LogP contribution in [0.3, 0.4) is 0 Å². The van der Waals surface area contributed by atoms with Crippen molar-refractivity contribution in [2.45, 2.75) is 0 Å². The molecule has 11 rings (SSSR count). The molecular formula is C50H31N5O. The van der Waals surface area contributed by atoms with E-state index in [1.54, 1.807) is 0 Å². The van der Waals surface area contributed by atoms with Crippen LogP contribution >= 0.6 is 0 Å². The highest BCUT2D eigenvalue weighted by Crippen LogP contribution is 2.44. The minimum absolute atomic E-state index is 0.488. The summed E-state index contributed by atoms with van der Waals surface area (Å²) in [4.78, 5) is 20.7. The summed E-state index contributed by atoms with van der Waals surface area (Å²) in [5.74, 6) is 1.65. The molecule has 0 aliphatic rings. The smallest absolute Gasteiger partial charge is 0.183 e. The zero-order valence-corrected chi connectivity index (χ0v) is 30.0. The van der Waals surface area contributed by atoms with Gasteiger partial charge in [0, 0.05) is 49.5 Å². The van der Waals surface area contributed by atoms with Crippen molar-refractivity contribution < 1.29 is 4.42 Å². The van der Waals surface area contributed by atoms with Crippen molar-refractivity contribution in [3.63, 3.8) is 0 Å². The Bertz CT molecular complexity index is 3170. The van der Waals surface area contributed by atoms with Gasteiger partial charge in [-0.05, 0) is 48.0 Å². The number of para-hydroxylation sites is 2. The summed E-state index contributed by atoms with van der Waals surface area (Å²) in [5.41, 5.74) is 11.0. The van der Waals surface area contributed by atoms with Gasteiger partial charge in [0.25, 0.3) is 0 Å². The van der Waals surface area contributed by atoms with E-state index in [0.29, 0.717) is 23.2 Å². The monoisotopic (exact) mass is 717 g/mol. The van der Waals surface area contributed by atoms with Crippen LogP contribution in [0.4, 0.5) is 0 Å². The van der Waals surface area contributed by atoms with Crippen LogP contribution in [0.25, 0.3) is 106 Å². The molecule has 0 bridgehead atoms. The van der Waals surface area contributed by atoms with Crippen molar-refractivity contribution in [1.29, 1.82) is 0 Å². The van der Waals surface area contributed by atoms with Gasteiger partial charge in [-0.3, -0.25) is 0 Å². The van der Waals surface area contributed by atoms with Crippen molar-refractivity contribution >= 4 is 43.7 Å². The number of nitrogens with zero attached hydrogens (tertiary/aromatic N) is 5. The predicted octanol–water partition coefficient (Wildman–Crippen LogP) is 12.6. The zero-order chi connectivity index (χ0) is 37.0. The molecule has 56 heavy (non-hydrogen) atoms. The number of aromatic nitrogens is 5. The Morgan fingerprint density at radius 1 is 0.393 bits per heavy atom. The summed E-state index contributed by atoms with van der Waals surface area (Å²) in [6, 6.07) is 64.3. The third-order valence-corrected chi connectivity index (χ3v) is 10.5. The van der Waals surface area contributed by atoms with Crippen LogP contribution in [-0.4, -0.2) is 24.5 Å². The predicted molar refractivity (Wildman–Crippen MR) is 226 cm³/mol. The first-order valence-electron chi connectivity index (χ1n) is 18.7. The number of furan rings is 1. The molecule has 0 saturated carbocycles. The van der Waals surface area contributed by atoms with Gasteiger partial charge in [-0.25, -0.2) is 19.9 Å². The maximum absolute atomic E-state index is 6.93. The largest absolute Gasteiger partial charge is 0.454 e. The van der Waals surface area contributed by atoms with Crippen LogP contribution in [-0.2, 0) is 0 Å². The molecule has 7 aromatic carbocycles. The van der Waals surface area contributed by atoms with E-state index < -0.39 is 0 Å². The minimum atomic E-state index is 0.488. The van der Waals surface area contributed by atoms with Gasteiger partial charge in [0.1, 0.15) is 11.3 Å². The van der Waals surface area contributed by atoms with Gasteiger partial charge in [0.2, 0.25) is 0 Å². The molecule has 0 amide bonds. The second-order valence-electron chi connectivity index (χ2n) is 13.8. The molecule has 6 nitrogen and oxygen atoms in total. The van der Waals surface area contributed by atoms with Crippen LogP contribution < -0.4 is 0 Å². The Kier molecular flexibility index (Phi) is 7.38. The topological polar surface area (TPSA) is 69.6 Å². The molecule has 0 spiro atoms. The summed E-state index contributed by atoms with van der Waals surface area (Å²) in [6.07, 6.45) is 0.